The highest BCUT2D eigenvalue weighted by Gasteiger charge is 2.29. The molecule has 0 aliphatic rings. The molecule has 6 nitrogen and oxygen atoms in total. The van der Waals surface area contributed by atoms with Crippen molar-refractivity contribution in [1.29, 1.82) is 0 Å². The molecule has 0 aliphatic carbocycles. The Morgan fingerprint density at radius 1 is 1.53 bits per heavy atom. The van der Waals surface area contributed by atoms with Gasteiger partial charge in [0, 0.05) is 18.6 Å². The minimum Gasteiger partial charge on any atom is -0.425 e. The highest BCUT2D eigenvalue weighted by atomic mass is 35.5. The van der Waals surface area contributed by atoms with Crippen molar-refractivity contribution in [1.82, 2.24) is 0 Å². The topological polar surface area (TPSA) is 97.7 Å². The second-order valence-corrected chi connectivity index (χ2v) is 5.32. The third kappa shape index (κ3) is 3.72. The molecule has 0 aliphatic heterocycles. The zero-order valence-electron chi connectivity index (χ0n) is 9.38. The van der Waals surface area contributed by atoms with Gasteiger partial charge in [-0.05, 0) is 6.07 Å². The lowest BCUT2D eigenvalue weighted by Crippen LogP contribution is -2.15. The number of rotatable bonds is 4. The lowest BCUT2D eigenvalue weighted by molar-refractivity contribution is -0.131. The van der Waals surface area contributed by atoms with E-state index in [-0.39, 0.29) is 10.8 Å². The molecule has 1 aromatic carbocycles. The van der Waals surface area contributed by atoms with Crippen LogP contribution in [0.1, 0.15) is 17.7 Å². The highest BCUT2D eigenvalue weighted by Crippen LogP contribution is 2.32. The summed E-state index contributed by atoms with van der Waals surface area (Å²) in [4.78, 5) is 21.2. The third-order valence-electron chi connectivity index (χ3n) is 1.99. The molecule has 0 bridgehead atoms. The van der Waals surface area contributed by atoms with Gasteiger partial charge in [0.25, 0.3) is 10.1 Å². The summed E-state index contributed by atoms with van der Waals surface area (Å²) in [5.74, 6) is -2.29. The number of halogens is 2. The highest BCUT2D eigenvalue weighted by molar-refractivity contribution is 7.86. The first-order chi connectivity index (χ1) is 8.66. The van der Waals surface area contributed by atoms with E-state index in [0.717, 1.165) is 19.3 Å². The van der Waals surface area contributed by atoms with Gasteiger partial charge in [-0.25, -0.2) is 4.39 Å². The lowest BCUT2D eigenvalue weighted by Gasteiger charge is -2.11. The average Bonchev–Trinajstić information content (AvgIpc) is 2.23. The summed E-state index contributed by atoms with van der Waals surface area (Å²) in [5, 5.41) is -2.52. The van der Waals surface area contributed by atoms with Gasteiger partial charge in [-0.1, -0.05) is 11.6 Å². The molecule has 1 N–H and O–H groups in total. The van der Waals surface area contributed by atoms with E-state index >= 15 is 0 Å². The number of hydrogen-bond donors (Lipinski definition) is 1. The summed E-state index contributed by atoms with van der Waals surface area (Å²) in [6, 6.07) is 1.40. The molecule has 0 fully saturated rings. The Kier molecular flexibility index (Phi) is 4.61. The van der Waals surface area contributed by atoms with Gasteiger partial charge in [0.15, 0.2) is 11.0 Å². The fraction of sp³-hybridized carbons (Fsp3) is 0.200. The zero-order valence-corrected chi connectivity index (χ0v) is 11.0. The van der Waals surface area contributed by atoms with E-state index in [0.29, 0.717) is 6.07 Å². The van der Waals surface area contributed by atoms with E-state index < -0.39 is 32.7 Å². The van der Waals surface area contributed by atoms with Crippen LogP contribution in [-0.4, -0.2) is 25.2 Å². The van der Waals surface area contributed by atoms with Crippen molar-refractivity contribution in [3.63, 3.8) is 0 Å². The molecule has 0 saturated heterocycles. The van der Waals surface area contributed by atoms with Crippen molar-refractivity contribution in [2.24, 2.45) is 0 Å². The van der Waals surface area contributed by atoms with E-state index in [1.807, 2.05) is 0 Å². The molecule has 19 heavy (non-hydrogen) atoms. The molecule has 0 saturated carbocycles. The predicted octanol–water partition coefficient (Wildman–Crippen LogP) is 1.44. The zero-order chi connectivity index (χ0) is 14.8. The molecule has 1 aromatic rings. The molecule has 1 unspecified atom stereocenters. The van der Waals surface area contributed by atoms with Crippen molar-refractivity contribution in [2.75, 3.05) is 0 Å². The number of carbonyl (C=O) groups excluding carboxylic acids is 2. The van der Waals surface area contributed by atoms with Crippen LogP contribution in [0.2, 0.25) is 5.02 Å². The van der Waals surface area contributed by atoms with Crippen LogP contribution in [0.5, 0.6) is 5.75 Å². The third-order valence-corrected chi connectivity index (χ3v) is 3.23. The van der Waals surface area contributed by atoms with Crippen molar-refractivity contribution in [3.05, 3.63) is 28.5 Å². The van der Waals surface area contributed by atoms with Crippen LogP contribution < -0.4 is 4.74 Å². The Labute approximate surface area is 112 Å². The molecule has 9 heteroatoms. The van der Waals surface area contributed by atoms with Crippen LogP contribution in [0.25, 0.3) is 0 Å². The minimum absolute atomic E-state index is 0.296. The van der Waals surface area contributed by atoms with Gasteiger partial charge in [0.05, 0.1) is 5.02 Å². The van der Waals surface area contributed by atoms with Gasteiger partial charge < -0.3 is 4.74 Å². The first-order valence-electron chi connectivity index (χ1n) is 4.68. The molecule has 1 rings (SSSR count). The maximum Gasteiger partial charge on any atom is 0.308 e. The number of benzene rings is 1. The average molecular weight is 310 g/mol. The fourth-order valence-corrected chi connectivity index (χ4v) is 2.10. The quantitative estimate of drug-likeness (QED) is 0.513. The standard InChI is InChI=1S/C10H7ClFO6S/c1-5(14)18-9-3-8(12)6(2-7(9)11)10(4-13)19(15,16)17/h2-3,10H,1H3,(H,15,16,17). The maximum absolute atomic E-state index is 13.6. The first kappa shape index (κ1) is 15.5. The van der Waals surface area contributed by atoms with Crippen LogP contribution in [0, 0.1) is 5.82 Å². The summed E-state index contributed by atoms with van der Waals surface area (Å²) >= 11 is 5.65. The van der Waals surface area contributed by atoms with Crippen LogP contribution in [0.4, 0.5) is 4.39 Å². The first-order valence-corrected chi connectivity index (χ1v) is 6.56. The molecule has 0 heterocycles. The monoisotopic (exact) mass is 309 g/mol. The van der Waals surface area contributed by atoms with Gasteiger partial charge in [-0.15, -0.1) is 0 Å². The number of hydrogen-bond acceptors (Lipinski definition) is 5. The van der Waals surface area contributed by atoms with E-state index in [2.05, 4.69) is 4.74 Å². The van der Waals surface area contributed by atoms with E-state index in [4.69, 9.17) is 16.2 Å². The van der Waals surface area contributed by atoms with Crippen molar-refractivity contribution in [3.8, 4) is 5.75 Å². The Balaban J connectivity index is 3.36. The van der Waals surface area contributed by atoms with Crippen LogP contribution in [0.3, 0.4) is 0 Å². The van der Waals surface area contributed by atoms with Gasteiger partial charge in [0.2, 0.25) is 6.29 Å². The fourth-order valence-electron chi connectivity index (χ4n) is 1.26. The second kappa shape index (κ2) is 5.64. The minimum atomic E-state index is -4.87. The number of ether oxygens (including phenoxy) is 1. The smallest absolute Gasteiger partial charge is 0.308 e. The molecule has 103 valence electrons. The molecular formula is C10H7ClFO6S. The van der Waals surface area contributed by atoms with Gasteiger partial charge in [0.1, 0.15) is 5.82 Å². The summed E-state index contributed by atoms with van der Waals surface area (Å²) in [5.41, 5.74) is -0.696. The Hall–Kier alpha value is -1.51. The SMILES string of the molecule is CC(=O)Oc1cc(F)c(C([C]=O)S(=O)(=O)O)cc1Cl. The molecule has 0 spiro atoms. The van der Waals surface area contributed by atoms with Gasteiger partial charge in [-0.3, -0.25) is 14.1 Å². The maximum atomic E-state index is 13.6. The number of carbonyl (C=O) groups is 1. The molecular weight excluding hydrogens is 303 g/mol. The number of esters is 1. The Morgan fingerprint density at radius 2 is 2.11 bits per heavy atom. The van der Waals surface area contributed by atoms with Gasteiger partial charge in [-0.2, -0.15) is 8.42 Å². The molecule has 1 atom stereocenters. The van der Waals surface area contributed by atoms with E-state index in [9.17, 15) is 22.4 Å². The molecule has 0 aromatic heterocycles. The van der Waals surface area contributed by atoms with Crippen LogP contribution in [-0.2, 0) is 19.7 Å². The summed E-state index contributed by atoms with van der Waals surface area (Å²) < 4.78 is 48.8. The summed E-state index contributed by atoms with van der Waals surface area (Å²) in [7, 11) is -4.87. The van der Waals surface area contributed by atoms with E-state index in [1.165, 1.54) is 0 Å². The van der Waals surface area contributed by atoms with Crippen LogP contribution >= 0.6 is 11.6 Å². The van der Waals surface area contributed by atoms with Crippen LogP contribution in [0.15, 0.2) is 12.1 Å². The summed E-state index contributed by atoms with van der Waals surface area (Å²) in [6.45, 7) is 1.06. The van der Waals surface area contributed by atoms with Crippen molar-refractivity contribution >= 4 is 34.0 Å². The van der Waals surface area contributed by atoms with Gasteiger partial charge >= 0.3 is 5.97 Å². The van der Waals surface area contributed by atoms with Crippen molar-refractivity contribution < 1.29 is 31.7 Å². The molecule has 0 amide bonds. The lowest BCUT2D eigenvalue weighted by atomic mass is 10.1. The Morgan fingerprint density at radius 3 is 2.53 bits per heavy atom. The Bertz CT molecular complexity index is 627. The normalized spacial score (nSPS) is 12.8. The molecule has 1 radical (unpaired) electrons. The summed E-state index contributed by atoms with van der Waals surface area (Å²) in [6.07, 6.45) is 0.992. The second-order valence-electron chi connectivity index (χ2n) is 3.41. The predicted molar refractivity (Wildman–Crippen MR) is 62.7 cm³/mol. The van der Waals surface area contributed by atoms with E-state index in [1.54, 1.807) is 0 Å². The largest absolute Gasteiger partial charge is 0.425 e. The van der Waals surface area contributed by atoms with Crippen molar-refractivity contribution in [2.45, 2.75) is 12.2 Å².